The SMILES string of the molecule is C=CC=C(C=CC(=O)O)C=Cc1ccccc1. The number of carboxylic acids is 1. The minimum absolute atomic E-state index is 0.784. The maximum atomic E-state index is 10.4. The molecule has 0 aliphatic heterocycles. The van der Waals surface area contributed by atoms with Crippen LogP contribution in [0.15, 0.2) is 72.9 Å². The third kappa shape index (κ3) is 5.33. The number of carboxylic acid groups (broad SMARTS) is 1. The molecule has 1 aromatic carbocycles. The van der Waals surface area contributed by atoms with Crippen LogP contribution in [-0.4, -0.2) is 11.1 Å². The number of carbonyl (C=O) groups is 1. The first-order valence-electron chi connectivity index (χ1n) is 5.19. The minimum atomic E-state index is -0.965. The van der Waals surface area contributed by atoms with Gasteiger partial charge in [-0.3, -0.25) is 0 Å². The Morgan fingerprint density at radius 1 is 1.12 bits per heavy atom. The lowest BCUT2D eigenvalue weighted by Gasteiger charge is -1.93. The Morgan fingerprint density at radius 2 is 1.82 bits per heavy atom. The summed E-state index contributed by atoms with van der Waals surface area (Å²) in [7, 11) is 0. The van der Waals surface area contributed by atoms with Gasteiger partial charge in [-0.2, -0.15) is 0 Å². The fourth-order valence-corrected chi connectivity index (χ4v) is 1.23. The molecule has 0 saturated heterocycles. The van der Waals surface area contributed by atoms with E-state index in [1.54, 1.807) is 12.2 Å². The van der Waals surface area contributed by atoms with Crippen LogP contribution in [0.3, 0.4) is 0 Å². The van der Waals surface area contributed by atoms with E-state index in [9.17, 15) is 4.79 Å². The van der Waals surface area contributed by atoms with Gasteiger partial charge in [0.1, 0.15) is 0 Å². The van der Waals surface area contributed by atoms with Crippen LogP contribution in [0.5, 0.6) is 0 Å². The molecule has 0 aliphatic carbocycles. The molecule has 0 fully saturated rings. The van der Waals surface area contributed by atoms with E-state index < -0.39 is 5.97 Å². The van der Waals surface area contributed by atoms with Crippen molar-refractivity contribution in [2.75, 3.05) is 0 Å². The molecular formula is C15H14O2. The molecule has 0 saturated carbocycles. The second-order valence-corrected chi connectivity index (χ2v) is 3.32. The van der Waals surface area contributed by atoms with E-state index in [0.717, 1.165) is 17.2 Å². The molecule has 1 N–H and O–H groups in total. The normalized spacial score (nSPS) is 12.1. The average Bonchev–Trinajstić information content (AvgIpc) is 2.34. The highest BCUT2D eigenvalue weighted by Gasteiger charge is 1.89. The molecule has 0 aromatic heterocycles. The van der Waals surface area contributed by atoms with Crippen LogP contribution in [0.2, 0.25) is 0 Å². The molecule has 0 atom stereocenters. The van der Waals surface area contributed by atoms with E-state index in [4.69, 9.17) is 5.11 Å². The summed E-state index contributed by atoms with van der Waals surface area (Å²) in [6.45, 7) is 3.59. The average molecular weight is 226 g/mol. The Labute approximate surface area is 101 Å². The van der Waals surface area contributed by atoms with E-state index in [0.29, 0.717) is 0 Å². The molecule has 0 aliphatic rings. The van der Waals surface area contributed by atoms with Crippen LogP contribution >= 0.6 is 0 Å². The molecule has 0 amide bonds. The van der Waals surface area contributed by atoms with Crippen LogP contribution in [0.25, 0.3) is 6.08 Å². The first kappa shape index (κ1) is 12.7. The lowest BCUT2D eigenvalue weighted by Crippen LogP contribution is -1.86. The topological polar surface area (TPSA) is 37.3 Å². The van der Waals surface area contributed by atoms with Crippen molar-refractivity contribution in [3.8, 4) is 0 Å². The summed E-state index contributed by atoms with van der Waals surface area (Å²) in [6.07, 6.45) is 9.77. The van der Waals surface area contributed by atoms with E-state index in [1.165, 1.54) is 6.08 Å². The van der Waals surface area contributed by atoms with Gasteiger partial charge in [-0.1, -0.05) is 61.2 Å². The summed E-state index contributed by atoms with van der Waals surface area (Å²) in [4.78, 5) is 10.4. The van der Waals surface area contributed by atoms with Crippen molar-refractivity contribution in [2.45, 2.75) is 0 Å². The van der Waals surface area contributed by atoms with Crippen LogP contribution < -0.4 is 0 Å². The Hall–Kier alpha value is -2.35. The number of rotatable bonds is 5. The second kappa shape index (κ2) is 7.01. The Kier molecular flexibility index (Phi) is 5.25. The van der Waals surface area contributed by atoms with Crippen LogP contribution in [0, 0.1) is 0 Å². The summed E-state index contributed by atoms with van der Waals surface area (Å²) >= 11 is 0. The van der Waals surface area contributed by atoms with Gasteiger partial charge in [0, 0.05) is 6.08 Å². The molecule has 0 bridgehead atoms. The Morgan fingerprint density at radius 3 is 2.41 bits per heavy atom. The predicted octanol–water partition coefficient (Wildman–Crippen LogP) is 3.45. The van der Waals surface area contributed by atoms with Crippen molar-refractivity contribution < 1.29 is 9.90 Å². The summed E-state index contributed by atoms with van der Waals surface area (Å²) in [5.74, 6) is -0.965. The molecule has 2 heteroatoms. The number of aliphatic carboxylic acids is 1. The Bertz CT molecular complexity index is 465. The first-order valence-corrected chi connectivity index (χ1v) is 5.19. The maximum Gasteiger partial charge on any atom is 0.328 e. The monoisotopic (exact) mass is 226 g/mol. The smallest absolute Gasteiger partial charge is 0.328 e. The molecule has 0 spiro atoms. The molecule has 0 heterocycles. The van der Waals surface area contributed by atoms with Gasteiger partial charge in [-0.15, -0.1) is 0 Å². The molecule has 17 heavy (non-hydrogen) atoms. The Balaban J connectivity index is 2.81. The van der Waals surface area contributed by atoms with E-state index in [-0.39, 0.29) is 0 Å². The summed E-state index contributed by atoms with van der Waals surface area (Å²) < 4.78 is 0. The zero-order valence-corrected chi connectivity index (χ0v) is 9.41. The minimum Gasteiger partial charge on any atom is -0.478 e. The fraction of sp³-hybridized carbons (Fsp3) is 0. The molecule has 86 valence electrons. The van der Waals surface area contributed by atoms with Gasteiger partial charge >= 0.3 is 5.97 Å². The molecule has 0 radical (unpaired) electrons. The number of allylic oxidation sites excluding steroid dienone is 5. The van der Waals surface area contributed by atoms with E-state index in [1.807, 2.05) is 42.5 Å². The van der Waals surface area contributed by atoms with Crippen LogP contribution in [0.1, 0.15) is 5.56 Å². The highest BCUT2D eigenvalue weighted by Crippen LogP contribution is 2.06. The quantitative estimate of drug-likeness (QED) is 0.616. The third-order valence-corrected chi connectivity index (χ3v) is 2.00. The highest BCUT2D eigenvalue weighted by atomic mass is 16.4. The molecule has 1 aromatic rings. The predicted molar refractivity (Wildman–Crippen MR) is 70.5 cm³/mol. The van der Waals surface area contributed by atoms with Crippen molar-refractivity contribution in [1.82, 2.24) is 0 Å². The lowest BCUT2D eigenvalue weighted by molar-refractivity contribution is -0.131. The molecular weight excluding hydrogens is 212 g/mol. The number of hydrogen-bond donors (Lipinski definition) is 1. The lowest BCUT2D eigenvalue weighted by atomic mass is 10.1. The van der Waals surface area contributed by atoms with Gasteiger partial charge in [-0.05, 0) is 17.2 Å². The van der Waals surface area contributed by atoms with Crippen molar-refractivity contribution in [1.29, 1.82) is 0 Å². The molecule has 2 nitrogen and oxygen atoms in total. The second-order valence-electron chi connectivity index (χ2n) is 3.32. The maximum absolute atomic E-state index is 10.4. The van der Waals surface area contributed by atoms with Gasteiger partial charge in [-0.25, -0.2) is 4.79 Å². The highest BCUT2D eigenvalue weighted by molar-refractivity contribution is 5.80. The summed E-state index contributed by atoms with van der Waals surface area (Å²) in [5.41, 5.74) is 1.84. The summed E-state index contributed by atoms with van der Waals surface area (Å²) in [6, 6.07) is 9.79. The van der Waals surface area contributed by atoms with Gasteiger partial charge in [0.05, 0.1) is 0 Å². The largest absolute Gasteiger partial charge is 0.478 e. The molecule has 0 unspecified atom stereocenters. The van der Waals surface area contributed by atoms with Gasteiger partial charge in [0.2, 0.25) is 0 Å². The van der Waals surface area contributed by atoms with Crippen LogP contribution in [0.4, 0.5) is 0 Å². The van der Waals surface area contributed by atoms with Crippen molar-refractivity contribution >= 4 is 12.0 Å². The van der Waals surface area contributed by atoms with Gasteiger partial charge in [0.25, 0.3) is 0 Å². The van der Waals surface area contributed by atoms with Gasteiger partial charge < -0.3 is 5.11 Å². The first-order chi connectivity index (χ1) is 8.22. The zero-order chi connectivity index (χ0) is 12.5. The zero-order valence-electron chi connectivity index (χ0n) is 9.41. The number of hydrogen-bond acceptors (Lipinski definition) is 1. The van der Waals surface area contributed by atoms with Crippen molar-refractivity contribution in [3.63, 3.8) is 0 Å². The third-order valence-electron chi connectivity index (χ3n) is 2.00. The van der Waals surface area contributed by atoms with Crippen LogP contribution in [-0.2, 0) is 4.79 Å². The molecule has 1 rings (SSSR count). The number of benzene rings is 1. The van der Waals surface area contributed by atoms with Crippen molar-refractivity contribution in [3.05, 3.63) is 78.4 Å². The standard InChI is InChI=1S/C15H14O2/c1-2-6-13(11-12-15(16)17)9-10-14-7-4-3-5-8-14/h2-12H,1H2,(H,16,17). The van der Waals surface area contributed by atoms with E-state index in [2.05, 4.69) is 6.58 Å². The van der Waals surface area contributed by atoms with E-state index >= 15 is 0 Å². The fourth-order valence-electron chi connectivity index (χ4n) is 1.23. The summed E-state index contributed by atoms with van der Waals surface area (Å²) in [5, 5.41) is 8.55. The van der Waals surface area contributed by atoms with Crippen molar-refractivity contribution in [2.24, 2.45) is 0 Å². The van der Waals surface area contributed by atoms with Gasteiger partial charge in [0.15, 0.2) is 0 Å².